The van der Waals surface area contributed by atoms with Gasteiger partial charge in [-0.3, -0.25) is 14.5 Å². The van der Waals surface area contributed by atoms with E-state index in [2.05, 4.69) is 5.32 Å². The van der Waals surface area contributed by atoms with E-state index >= 15 is 0 Å². The standard InChI is InChI=1S/C25H22ClN3O4S/c1-32-20-13-7-5-11-18(20)28-25-29(19-12-6-8-14-21(19)33-2)24(31)22(34-25)15-23(30)27-17-10-4-3-9-16(17)26/h3-14,22H,15H2,1-2H3,(H,27,30). The number of amides is 2. The van der Waals surface area contributed by atoms with E-state index in [9.17, 15) is 9.59 Å². The molecule has 0 aromatic heterocycles. The average molecular weight is 496 g/mol. The first-order valence-corrected chi connectivity index (χ1v) is 11.7. The number of methoxy groups -OCH3 is 2. The van der Waals surface area contributed by atoms with Crippen LogP contribution in [0, 0.1) is 0 Å². The van der Waals surface area contributed by atoms with E-state index in [1.807, 2.05) is 24.3 Å². The van der Waals surface area contributed by atoms with E-state index in [1.54, 1.807) is 55.6 Å². The SMILES string of the molecule is COc1ccccc1N=C1SC(CC(=O)Nc2ccccc2Cl)C(=O)N1c1ccccc1OC. The van der Waals surface area contributed by atoms with Crippen molar-refractivity contribution in [2.75, 3.05) is 24.4 Å². The zero-order chi connectivity index (χ0) is 24.1. The van der Waals surface area contributed by atoms with Crippen molar-refractivity contribution in [2.24, 2.45) is 4.99 Å². The molecule has 1 aliphatic rings. The lowest BCUT2D eigenvalue weighted by molar-refractivity contribution is -0.121. The molecule has 174 valence electrons. The Morgan fingerprint density at radius 2 is 1.65 bits per heavy atom. The average Bonchev–Trinajstić information content (AvgIpc) is 3.14. The quantitative estimate of drug-likeness (QED) is 0.466. The second-order valence-electron chi connectivity index (χ2n) is 7.25. The predicted octanol–water partition coefficient (Wildman–Crippen LogP) is 5.52. The Balaban J connectivity index is 1.67. The van der Waals surface area contributed by atoms with Crippen LogP contribution >= 0.6 is 23.4 Å². The third-order valence-corrected chi connectivity index (χ3v) is 6.55. The summed E-state index contributed by atoms with van der Waals surface area (Å²) in [5.41, 5.74) is 1.61. The molecule has 7 nitrogen and oxygen atoms in total. The number of carbonyl (C=O) groups excluding carboxylic acids is 2. The molecule has 1 heterocycles. The van der Waals surface area contributed by atoms with Crippen molar-refractivity contribution < 1.29 is 19.1 Å². The number of hydrogen-bond acceptors (Lipinski definition) is 6. The van der Waals surface area contributed by atoms with E-state index in [4.69, 9.17) is 26.1 Å². The molecule has 34 heavy (non-hydrogen) atoms. The smallest absolute Gasteiger partial charge is 0.247 e. The second kappa shape index (κ2) is 10.6. The molecule has 1 atom stereocenters. The van der Waals surface area contributed by atoms with Crippen LogP contribution in [0.25, 0.3) is 0 Å². The van der Waals surface area contributed by atoms with Gasteiger partial charge in [-0.15, -0.1) is 0 Å². The van der Waals surface area contributed by atoms with Crippen LogP contribution in [0.3, 0.4) is 0 Å². The maximum Gasteiger partial charge on any atom is 0.247 e. The minimum Gasteiger partial charge on any atom is -0.495 e. The number of aliphatic imine (C=N–C) groups is 1. The summed E-state index contributed by atoms with van der Waals surface area (Å²) in [5.74, 6) is 0.503. The minimum absolute atomic E-state index is 0.0503. The molecule has 1 unspecified atom stereocenters. The number of thioether (sulfide) groups is 1. The zero-order valence-electron chi connectivity index (χ0n) is 18.5. The number of nitrogens with zero attached hydrogens (tertiary/aromatic N) is 2. The summed E-state index contributed by atoms with van der Waals surface area (Å²) in [6, 6.07) is 21.4. The second-order valence-corrected chi connectivity index (χ2v) is 8.83. The first kappa shape index (κ1) is 23.7. The highest BCUT2D eigenvalue weighted by Gasteiger charge is 2.41. The van der Waals surface area contributed by atoms with Gasteiger partial charge in [0, 0.05) is 6.42 Å². The van der Waals surface area contributed by atoms with Crippen molar-refractivity contribution in [2.45, 2.75) is 11.7 Å². The van der Waals surface area contributed by atoms with E-state index < -0.39 is 5.25 Å². The van der Waals surface area contributed by atoms with Crippen molar-refractivity contribution in [1.29, 1.82) is 0 Å². The number of hydrogen-bond donors (Lipinski definition) is 1. The molecule has 0 saturated carbocycles. The van der Waals surface area contributed by atoms with Crippen molar-refractivity contribution in [3.63, 3.8) is 0 Å². The third kappa shape index (κ3) is 5.03. The number of rotatable bonds is 7. The normalized spacial score (nSPS) is 16.6. The molecule has 1 saturated heterocycles. The summed E-state index contributed by atoms with van der Waals surface area (Å²) in [4.78, 5) is 32.5. The number of para-hydroxylation sites is 5. The van der Waals surface area contributed by atoms with Gasteiger partial charge in [-0.25, -0.2) is 4.99 Å². The van der Waals surface area contributed by atoms with Gasteiger partial charge in [-0.1, -0.05) is 59.8 Å². The van der Waals surface area contributed by atoms with Gasteiger partial charge >= 0.3 is 0 Å². The summed E-state index contributed by atoms with van der Waals surface area (Å²) in [6.07, 6.45) is -0.0503. The largest absolute Gasteiger partial charge is 0.495 e. The lowest BCUT2D eigenvalue weighted by Crippen LogP contribution is -2.33. The van der Waals surface area contributed by atoms with Gasteiger partial charge in [0.1, 0.15) is 22.4 Å². The monoisotopic (exact) mass is 495 g/mol. The first-order valence-electron chi connectivity index (χ1n) is 10.4. The lowest BCUT2D eigenvalue weighted by atomic mass is 10.2. The minimum atomic E-state index is -0.680. The fourth-order valence-corrected chi connectivity index (χ4v) is 4.79. The van der Waals surface area contributed by atoms with E-state index in [0.29, 0.717) is 38.8 Å². The fourth-order valence-electron chi connectivity index (χ4n) is 3.47. The van der Waals surface area contributed by atoms with E-state index in [-0.39, 0.29) is 18.2 Å². The first-order chi connectivity index (χ1) is 16.5. The Kier molecular flexibility index (Phi) is 7.40. The molecule has 0 radical (unpaired) electrons. The number of amidine groups is 1. The van der Waals surface area contributed by atoms with Crippen LogP contribution in [-0.4, -0.2) is 36.5 Å². The van der Waals surface area contributed by atoms with Gasteiger partial charge in [-0.2, -0.15) is 0 Å². The van der Waals surface area contributed by atoms with Crippen molar-refractivity contribution in [3.05, 3.63) is 77.8 Å². The topological polar surface area (TPSA) is 80.2 Å². The Morgan fingerprint density at radius 3 is 2.38 bits per heavy atom. The summed E-state index contributed by atoms with van der Waals surface area (Å²) in [7, 11) is 3.10. The number of anilines is 2. The van der Waals surface area contributed by atoms with Crippen LogP contribution < -0.4 is 19.7 Å². The lowest BCUT2D eigenvalue weighted by Gasteiger charge is -2.19. The molecule has 4 rings (SSSR count). The van der Waals surface area contributed by atoms with Gasteiger partial charge in [0.05, 0.1) is 30.6 Å². The zero-order valence-corrected chi connectivity index (χ0v) is 20.1. The molecule has 0 bridgehead atoms. The van der Waals surface area contributed by atoms with Crippen molar-refractivity contribution in [3.8, 4) is 11.5 Å². The van der Waals surface area contributed by atoms with Gasteiger partial charge in [0.2, 0.25) is 11.8 Å². The molecular weight excluding hydrogens is 474 g/mol. The summed E-state index contributed by atoms with van der Waals surface area (Å²) < 4.78 is 10.9. The van der Waals surface area contributed by atoms with E-state index in [0.717, 1.165) is 0 Å². The molecule has 2 amide bonds. The Labute approximate surface area is 206 Å². The summed E-state index contributed by atoms with van der Waals surface area (Å²) in [5, 5.41) is 2.95. The molecule has 0 spiro atoms. The molecule has 3 aromatic rings. The number of carbonyl (C=O) groups is 2. The maximum absolute atomic E-state index is 13.5. The number of benzene rings is 3. The highest BCUT2D eigenvalue weighted by atomic mass is 35.5. The van der Waals surface area contributed by atoms with Crippen LogP contribution in [0.2, 0.25) is 5.02 Å². The van der Waals surface area contributed by atoms with E-state index in [1.165, 1.54) is 23.8 Å². The predicted molar refractivity (Wildman–Crippen MR) is 137 cm³/mol. The highest BCUT2D eigenvalue weighted by molar-refractivity contribution is 8.16. The van der Waals surface area contributed by atoms with Crippen molar-refractivity contribution in [1.82, 2.24) is 0 Å². The fraction of sp³-hybridized carbons (Fsp3) is 0.160. The van der Waals surface area contributed by atoms with Crippen molar-refractivity contribution >= 4 is 57.4 Å². The number of nitrogens with one attached hydrogen (secondary N) is 1. The van der Waals surface area contributed by atoms with Gasteiger partial charge in [0.25, 0.3) is 0 Å². The molecule has 3 aromatic carbocycles. The molecule has 9 heteroatoms. The van der Waals surface area contributed by atoms with Gasteiger partial charge < -0.3 is 14.8 Å². The Hall–Kier alpha value is -3.49. The molecule has 0 aliphatic carbocycles. The highest BCUT2D eigenvalue weighted by Crippen LogP contribution is 2.40. The summed E-state index contributed by atoms with van der Waals surface area (Å²) >= 11 is 7.37. The molecular formula is C25H22ClN3O4S. The van der Waals surface area contributed by atoms with Crippen LogP contribution in [0.15, 0.2) is 77.8 Å². The maximum atomic E-state index is 13.5. The number of ether oxygens (including phenoxy) is 2. The third-order valence-electron chi connectivity index (χ3n) is 5.08. The molecule has 1 fully saturated rings. The van der Waals surface area contributed by atoms with Gasteiger partial charge in [-0.05, 0) is 36.4 Å². The van der Waals surface area contributed by atoms with Crippen LogP contribution in [0.5, 0.6) is 11.5 Å². The van der Waals surface area contributed by atoms with Crippen LogP contribution in [0.4, 0.5) is 17.1 Å². The van der Waals surface area contributed by atoms with Crippen LogP contribution in [0.1, 0.15) is 6.42 Å². The van der Waals surface area contributed by atoms with Gasteiger partial charge in [0.15, 0.2) is 5.17 Å². The Bertz CT molecular complexity index is 1250. The molecule has 1 aliphatic heterocycles. The Morgan fingerprint density at radius 1 is 1.00 bits per heavy atom. The van der Waals surface area contributed by atoms with Crippen LogP contribution in [-0.2, 0) is 9.59 Å². The number of halogens is 1. The molecule has 1 N–H and O–H groups in total. The summed E-state index contributed by atoms with van der Waals surface area (Å²) in [6.45, 7) is 0.